The monoisotopic (exact) mass is 381 g/mol. The molecule has 3 atom stereocenters. The van der Waals surface area contributed by atoms with E-state index in [0.717, 1.165) is 58.2 Å². The Labute approximate surface area is 169 Å². The topological polar surface area (TPSA) is 39.3 Å². The van der Waals surface area contributed by atoms with E-state index >= 15 is 0 Å². The maximum Gasteiger partial charge on any atom is 0.226 e. The van der Waals surface area contributed by atoms with Crippen LogP contribution in [-0.4, -0.2) is 53.4 Å². The Morgan fingerprint density at radius 2 is 1.96 bits per heavy atom. The van der Waals surface area contributed by atoms with Crippen molar-refractivity contribution in [2.75, 3.05) is 26.7 Å². The smallest absolute Gasteiger partial charge is 0.226 e. The van der Waals surface area contributed by atoms with Gasteiger partial charge < -0.3 is 14.8 Å². The van der Waals surface area contributed by atoms with Gasteiger partial charge in [-0.3, -0.25) is 4.79 Å². The van der Waals surface area contributed by atoms with Crippen LogP contribution in [0.1, 0.15) is 63.0 Å². The fourth-order valence-corrected chi connectivity index (χ4v) is 5.41. The summed E-state index contributed by atoms with van der Waals surface area (Å²) >= 11 is 0. The Morgan fingerprint density at radius 1 is 1.21 bits per heavy atom. The maximum absolute atomic E-state index is 13.5. The normalized spacial score (nSPS) is 24.3. The van der Waals surface area contributed by atoms with Crippen LogP contribution >= 0.6 is 0 Å². The van der Waals surface area contributed by atoms with E-state index in [1.165, 1.54) is 22.0 Å². The summed E-state index contributed by atoms with van der Waals surface area (Å²) in [6.07, 6.45) is 8.77. The number of rotatable bonds is 7. The average Bonchev–Trinajstić information content (AvgIpc) is 3.13. The summed E-state index contributed by atoms with van der Waals surface area (Å²) in [6, 6.07) is 7.15. The molecule has 0 saturated carbocycles. The summed E-state index contributed by atoms with van der Waals surface area (Å²) in [5, 5.41) is 1.42. The molecule has 4 rings (SSSR count). The van der Waals surface area contributed by atoms with E-state index in [2.05, 4.69) is 60.1 Å². The van der Waals surface area contributed by atoms with Crippen molar-refractivity contribution < 1.29 is 4.79 Å². The highest BCUT2D eigenvalue weighted by atomic mass is 16.2. The Bertz CT molecular complexity index is 818. The number of benzene rings is 1. The highest BCUT2D eigenvalue weighted by molar-refractivity contribution is 5.88. The zero-order valence-corrected chi connectivity index (χ0v) is 17.7. The molecule has 0 radical (unpaired) electrons. The number of carbonyl (C=O) groups is 1. The SMILES string of the molecule is CCCCN(CCCC)C(=O)C1CC2c3cccc4[nH]cc(c34)CC2N(C)C1. The molecule has 28 heavy (non-hydrogen) atoms. The van der Waals surface area contributed by atoms with Crippen molar-refractivity contribution in [2.45, 2.75) is 64.3 Å². The number of carbonyl (C=O) groups excluding carboxylic acids is 1. The predicted molar refractivity (Wildman–Crippen MR) is 116 cm³/mol. The fourth-order valence-electron chi connectivity index (χ4n) is 5.41. The van der Waals surface area contributed by atoms with E-state index in [1.54, 1.807) is 0 Å². The first kappa shape index (κ1) is 19.5. The molecule has 0 spiro atoms. The number of fused-ring (bicyclic) bond motifs is 2. The lowest BCUT2D eigenvalue weighted by atomic mass is 9.72. The van der Waals surface area contributed by atoms with Crippen molar-refractivity contribution in [2.24, 2.45) is 5.92 Å². The van der Waals surface area contributed by atoms with Gasteiger partial charge in [-0.25, -0.2) is 0 Å². The van der Waals surface area contributed by atoms with Crippen molar-refractivity contribution in [3.05, 3.63) is 35.5 Å². The van der Waals surface area contributed by atoms with Gasteiger partial charge in [0.15, 0.2) is 0 Å². The summed E-state index contributed by atoms with van der Waals surface area (Å²) in [5.41, 5.74) is 4.13. The second-order valence-electron chi connectivity index (χ2n) is 8.87. The minimum absolute atomic E-state index is 0.121. The summed E-state index contributed by atoms with van der Waals surface area (Å²) in [7, 11) is 2.22. The van der Waals surface area contributed by atoms with Crippen molar-refractivity contribution in [3.63, 3.8) is 0 Å². The van der Waals surface area contributed by atoms with Gasteiger partial charge in [0.2, 0.25) is 5.91 Å². The third-order valence-corrected chi connectivity index (χ3v) is 6.95. The van der Waals surface area contributed by atoms with Crippen LogP contribution in [0.3, 0.4) is 0 Å². The van der Waals surface area contributed by atoms with E-state index in [9.17, 15) is 4.79 Å². The molecule has 152 valence electrons. The van der Waals surface area contributed by atoms with E-state index in [0.29, 0.717) is 17.9 Å². The number of unbranched alkanes of at least 4 members (excludes halogenated alkanes) is 2. The zero-order valence-electron chi connectivity index (χ0n) is 17.7. The molecule has 4 heteroatoms. The second-order valence-corrected chi connectivity index (χ2v) is 8.87. The third kappa shape index (κ3) is 3.47. The van der Waals surface area contributed by atoms with Crippen LogP contribution in [0.15, 0.2) is 24.4 Å². The number of aromatic nitrogens is 1. The van der Waals surface area contributed by atoms with Gasteiger partial charge in [0.1, 0.15) is 0 Å². The number of piperidine rings is 1. The van der Waals surface area contributed by atoms with Crippen LogP contribution in [0.4, 0.5) is 0 Å². The van der Waals surface area contributed by atoms with Crippen LogP contribution in [0, 0.1) is 5.92 Å². The Balaban J connectivity index is 1.58. The number of amides is 1. The number of likely N-dealkylation sites (tertiary alicyclic amines) is 1. The van der Waals surface area contributed by atoms with Crippen LogP contribution in [-0.2, 0) is 11.2 Å². The minimum atomic E-state index is 0.121. The summed E-state index contributed by atoms with van der Waals surface area (Å²) in [5.74, 6) is 0.967. The Kier molecular flexibility index (Phi) is 5.77. The van der Waals surface area contributed by atoms with Gasteiger partial charge >= 0.3 is 0 Å². The lowest BCUT2D eigenvalue weighted by Gasteiger charge is -2.46. The average molecular weight is 382 g/mol. The van der Waals surface area contributed by atoms with Crippen molar-refractivity contribution >= 4 is 16.8 Å². The fraction of sp³-hybridized carbons (Fsp3) is 0.625. The molecule has 4 nitrogen and oxygen atoms in total. The molecule has 1 fully saturated rings. The van der Waals surface area contributed by atoms with Gasteiger partial charge in [0, 0.05) is 48.7 Å². The summed E-state index contributed by atoms with van der Waals surface area (Å²) < 4.78 is 0. The van der Waals surface area contributed by atoms with Crippen LogP contribution < -0.4 is 0 Å². The molecular weight excluding hydrogens is 346 g/mol. The molecule has 2 aromatic rings. The molecule has 1 amide bonds. The molecule has 0 bridgehead atoms. The minimum Gasteiger partial charge on any atom is -0.361 e. The lowest BCUT2D eigenvalue weighted by molar-refractivity contribution is -0.138. The summed E-state index contributed by atoms with van der Waals surface area (Å²) in [4.78, 5) is 21.5. The van der Waals surface area contributed by atoms with Crippen molar-refractivity contribution in [3.8, 4) is 0 Å². The van der Waals surface area contributed by atoms with Crippen LogP contribution in [0.25, 0.3) is 10.9 Å². The summed E-state index contributed by atoms with van der Waals surface area (Å²) in [6.45, 7) is 7.14. The highest BCUT2D eigenvalue weighted by Crippen LogP contribution is 2.44. The van der Waals surface area contributed by atoms with E-state index in [4.69, 9.17) is 0 Å². The zero-order chi connectivity index (χ0) is 19.7. The molecule has 1 N–H and O–H groups in total. The molecule has 1 aromatic carbocycles. The standard InChI is InChI=1S/C24H35N3O/c1-4-6-11-27(12-7-5-2)24(28)18-13-20-19-9-8-10-21-23(19)17(15-25-21)14-22(20)26(3)16-18/h8-10,15,18,20,22,25H,4-7,11-14,16H2,1-3H3. The van der Waals surface area contributed by atoms with Crippen LogP contribution in [0.2, 0.25) is 0 Å². The van der Waals surface area contributed by atoms with Crippen LogP contribution in [0.5, 0.6) is 0 Å². The van der Waals surface area contributed by atoms with E-state index < -0.39 is 0 Å². The van der Waals surface area contributed by atoms with E-state index in [-0.39, 0.29) is 5.92 Å². The van der Waals surface area contributed by atoms with Gasteiger partial charge in [-0.05, 0) is 49.9 Å². The number of nitrogens with one attached hydrogen (secondary N) is 1. The quantitative estimate of drug-likeness (QED) is 0.764. The second kappa shape index (κ2) is 8.28. The molecule has 1 saturated heterocycles. The van der Waals surface area contributed by atoms with E-state index in [1.807, 2.05) is 0 Å². The molecule has 2 heterocycles. The number of H-pyrrole nitrogens is 1. The first-order chi connectivity index (χ1) is 13.6. The van der Waals surface area contributed by atoms with Crippen molar-refractivity contribution in [1.29, 1.82) is 0 Å². The number of hydrogen-bond donors (Lipinski definition) is 1. The predicted octanol–water partition coefficient (Wildman–Crippen LogP) is 4.56. The largest absolute Gasteiger partial charge is 0.361 e. The number of aromatic amines is 1. The molecule has 1 aliphatic carbocycles. The molecular formula is C24H35N3O. The Morgan fingerprint density at radius 3 is 2.68 bits per heavy atom. The van der Waals surface area contributed by atoms with Crippen molar-refractivity contribution in [1.82, 2.24) is 14.8 Å². The number of hydrogen-bond acceptors (Lipinski definition) is 2. The number of likely N-dealkylation sites (N-methyl/N-ethyl adjacent to an activating group) is 1. The first-order valence-electron chi connectivity index (χ1n) is 11.2. The van der Waals surface area contributed by atoms with Gasteiger partial charge in [-0.2, -0.15) is 0 Å². The molecule has 2 aliphatic rings. The number of nitrogens with zero attached hydrogens (tertiary/aromatic N) is 2. The highest BCUT2D eigenvalue weighted by Gasteiger charge is 2.42. The lowest BCUT2D eigenvalue weighted by Crippen LogP contribution is -2.52. The van der Waals surface area contributed by atoms with Gasteiger partial charge in [0.05, 0.1) is 5.92 Å². The Hall–Kier alpha value is -1.81. The van der Waals surface area contributed by atoms with Gasteiger partial charge in [0.25, 0.3) is 0 Å². The molecule has 1 aliphatic heterocycles. The van der Waals surface area contributed by atoms with Gasteiger partial charge in [-0.15, -0.1) is 0 Å². The third-order valence-electron chi connectivity index (χ3n) is 6.95. The molecule has 3 unspecified atom stereocenters. The molecule has 1 aromatic heterocycles. The van der Waals surface area contributed by atoms with Gasteiger partial charge in [-0.1, -0.05) is 38.8 Å². The first-order valence-corrected chi connectivity index (χ1v) is 11.2. The maximum atomic E-state index is 13.5.